The van der Waals surface area contributed by atoms with Gasteiger partial charge in [0.05, 0.1) is 11.7 Å². The summed E-state index contributed by atoms with van der Waals surface area (Å²) in [4.78, 5) is 18.9. The number of aromatic nitrogens is 1. The number of aliphatic hydroxyl groups excluding tert-OH is 1. The monoisotopic (exact) mass is 439 g/mol. The van der Waals surface area contributed by atoms with Crippen LogP contribution in [0.25, 0.3) is 10.8 Å². The van der Waals surface area contributed by atoms with Gasteiger partial charge in [-0.05, 0) is 43.8 Å². The molecule has 0 saturated heterocycles. The average Bonchev–Trinajstić information content (AvgIpc) is 2.85. The molecule has 0 spiro atoms. The van der Waals surface area contributed by atoms with Gasteiger partial charge in [0.25, 0.3) is 0 Å². The Kier molecular flexibility index (Phi) is 8.22. The number of hydrogen-bond donors (Lipinski definition) is 2. The van der Waals surface area contributed by atoms with Gasteiger partial charge in [-0.1, -0.05) is 49.8 Å². The number of pyridine rings is 1. The number of carbonyl (C=O) groups excluding carboxylic acids is 1. The van der Waals surface area contributed by atoms with Crippen molar-refractivity contribution in [3.05, 3.63) is 70.9 Å². The Morgan fingerprint density at radius 3 is 2.48 bits per heavy atom. The lowest BCUT2D eigenvalue weighted by Gasteiger charge is -2.21. The number of rotatable bonds is 8. The first-order valence-electron chi connectivity index (χ1n) is 11.2. The number of anilines is 1. The van der Waals surface area contributed by atoms with Crippen molar-refractivity contribution in [2.45, 2.75) is 32.8 Å². The Morgan fingerprint density at radius 1 is 1.12 bits per heavy atom. The standard InChI is InChI=1S/C28H29N3O2/c1-4-20-7-13-23-18-30-28(29)25(26(23)17-20)15-10-21-8-11-22(12-9-21)27(33)16-14-24(32)19-31(5-2)6-3/h1,7-9,11-13,17-18,24,32H,5-6,14,16,19H2,2-3H3,(H2,29,30). The first-order valence-corrected chi connectivity index (χ1v) is 11.2. The van der Waals surface area contributed by atoms with Crippen LogP contribution in [-0.2, 0) is 0 Å². The van der Waals surface area contributed by atoms with Crippen molar-refractivity contribution in [1.29, 1.82) is 0 Å². The van der Waals surface area contributed by atoms with Gasteiger partial charge < -0.3 is 15.7 Å². The largest absolute Gasteiger partial charge is 0.392 e. The third kappa shape index (κ3) is 6.20. The van der Waals surface area contributed by atoms with E-state index in [-0.39, 0.29) is 5.78 Å². The summed E-state index contributed by atoms with van der Waals surface area (Å²) in [6.45, 7) is 6.48. The van der Waals surface area contributed by atoms with Crippen molar-refractivity contribution in [3.8, 4) is 24.2 Å². The number of likely N-dealkylation sites (N-methyl/N-ethyl adjacent to an activating group) is 1. The molecule has 0 bridgehead atoms. The minimum atomic E-state index is -0.506. The van der Waals surface area contributed by atoms with E-state index in [0.29, 0.717) is 36.3 Å². The maximum Gasteiger partial charge on any atom is 0.162 e. The average molecular weight is 440 g/mol. The molecule has 0 aliphatic carbocycles. The fourth-order valence-electron chi connectivity index (χ4n) is 3.64. The summed E-state index contributed by atoms with van der Waals surface area (Å²) >= 11 is 0. The van der Waals surface area contributed by atoms with Gasteiger partial charge in [0.1, 0.15) is 5.82 Å². The molecule has 1 aromatic heterocycles. The molecule has 0 saturated carbocycles. The third-order valence-corrected chi connectivity index (χ3v) is 5.69. The van der Waals surface area contributed by atoms with Crippen LogP contribution in [0.1, 0.15) is 53.7 Å². The van der Waals surface area contributed by atoms with Crippen molar-refractivity contribution < 1.29 is 9.90 Å². The Morgan fingerprint density at radius 2 is 1.82 bits per heavy atom. The van der Waals surface area contributed by atoms with Crippen molar-refractivity contribution in [3.63, 3.8) is 0 Å². The van der Waals surface area contributed by atoms with Gasteiger partial charge in [0, 0.05) is 46.6 Å². The van der Waals surface area contributed by atoms with Crippen LogP contribution in [0.5, 0.6) is 0 Å². The van der Waals surface area contributed by atoms with E-state index in [1.54, 1.807) is 18.3 Å². The third-order valence-electron chi connectivity index (χ3n) is 5.69. The summed E-state index contributed by atoms with van der Waals surface area (Å²) in [5.74, 6) is 9.20. The second kappa shape index (κ2) is 11.3. The number of nitrogens with zero attached hydrogens (tertiary/aromatic N) is 2. The van der Waals surface area contributed by atoms with Crippen LogP contribution in [0, 0.1) is 24.2 Å². The summed E-state index contributed by atoms with van der Waals surface area (Å²) in [5.41, 5.74) is 8.83. The number of fused-ring (bicyclic) bond motifs is 1. The molecule has 0 amide bonds. The van der Waals surface area contributed by atoms with E-state index >= 15 is 0 Å². The number of terminal acetylenes is 1. The SMILES string of the molecule is C#Cc1ccc2cnc(N)c(C#Cc3ccc(C(=O)CCC(O)CN(CC)CC)cc3)c2c1. The predicted molar refractivity (Wildman–Crippen MR) is 134 cm³/mol. The number of nitrogens with two attached hydrogens (primary N) is 1. The molecule has 1 unspecified atom stereocenters. The highest BCUT2D eigenvalue weighted by Crippen LogP contribution is 2.23. The van der Waals surface area contributed by atoms with E-state index in [1.165, 1.54) is 0 Å². The molecular weight excluding hydrogens is 410 g/mol. The van der Waals surface area contributed by atoms with Gasteiger partial charge in [-0.25, -0.2) is 4.98 Å². The van der Waals surface area contributed by atoms with Gasteiger partial charge in [-0.15, -0.1) is 6.42 Å². The molecule has 168 valence electrons. The molecule has 3 aromatic rings. The van der Waals surface area contributed by atoms with Crippen LogP contribution in [0.4, 0.5) is 5.82 Å². The van der Waals surface area contributed by atoms with Crippen LogP contribution >= 0.6 is 0 Å². The summed E-state index contributed by atoms with van der Waals surface area (Å²) in [5, 5.41) is 12.0. The molecule has 5 nitrogen and oxygen atoms in total. The molecule has 3 N–H and O–H groups in total. The van der Waals surface area contributed by atoms with Gasteiger partial charge in [0.15, 0.2) is 5.78 Å². The number of ketones is 1. The number of aliphatic hydroxyl groups is 1. The van der Waals surface area contributed by atoms with Gasteiger partial charge in [-0.2, -0.15) is 0 Å². The minimum absolute atomic E-state index is 0.0115. The number of carbonyl (C=O) groups is 1. The van der Waals surface area contributed by atoms with E-state index in [0.717, 1.165) is 35.0 Å². The van der Waals surface area contributed by atoms with E-state index in [4.69, 9.17) is 12.2 Å². The normalized spacial score (nSPS) is 11.6. The smallest absolute Gasteiger partial charge is 0.162 e. The zero-order valence-corrected chi connectivity index (χ0v) is 19.1. The van der Waals surface area contributed by atoms with E-state index in [1.807, 2.05) is 30.3 Å². The molecule has 5 heteroatoms. The van der Waals surface area contributed by atoms with Crippen LogP contribution in [-0.4, -0.2) is 46.5 Å². The fraction of sp³-hybridized carbons (Fsp3) is 0.286. The topological polar surface area (TPSA) is 79.4 Å². The van der Waals surface area contributed by atoms with Gasteiger partial charge >= 0.3 is 0 Å². The van der Waals surface area contributed by atoms with Crippen molar-refractivity contribution in [1.82, 2.24) is 9.88 Å². The molecule has 3 rings (SSSR count). The Balaban J connectivity index is 1.71. The highest BCUT2D eigenvalue weighted by atomic mass is 16.3. The maximum atomic E-state index is 12.5. The quantitative estimate of drug-likeness (QED) is 0.412. The molecule has 0 radical (unpaired) electrons. The van der Waals surface area contributed by atoms with E-state index in [2.05, 4.69) is 41.5 Å². The summed E-state index contributed by atoms with van der Waals surface area (Å²) in [6.07, 6.45) is 7.48. The summed E-state index contributed by atoms with van der Waals surface area (Å²) in [6, 6.07) is 12.8. The fourth-order valence-corrected chi connectivity index (χ4v) is 3.64. The molecular formula is C28H29N3O2. The number of benzene rings is 2. The second-order valence-electron chi connectivity index (χ2n) is 7.89. The lowest BCUT2D eigenvalue weighted by Crippen LogP contribution is -2.32. The van der Waals surface area contributed by atoms with Crippen molar-refractivity contribution in [2.24, 2.45) is 0 Å². The maximum absolute atomic E-state index is 12.5. The summed E-state index contributed by atoms with van der Waals surface area (Å²) in [7, 11) is 0. The molecule has 1 heterocycles. The van der Waals surface area contributed by atoms with Crippen LogP contribution in [0.2, 0.25) is 0 Å². The van der Waals surface area contributed by atoms with Gasteiger partial charge in [-0.3, -0.25) is 4.79 Å². The predicted octanol–water partition coefficient (Wildman–Crippen LogP) is 3.86. The molecule has 33 heavy (non-hydrogen) atoms. The van der Waals surface area contributed by atoms with Crippen LogP contribution < -0.4 is 5.73 Å². The first-order chi connectivity index (χ1) is 15.9. The molecule has 2 aromatic carbocycles. The number of Topliss-reactive ketones (excluding diaryl/α,β-unsaturated/α-hetero) is 1. The van der Waals surface area contributed by atoms with Crippen molar-refractivity contribution >= 4 is 22.4 Å². The van der Waals surface area contributed by atoms with E-state index in [9.17, 15) is 9.90 Å². The number of hydrogen-bond acceptors (Lipinski definition) is 5. The van der Waals surface area contributed by atoms with Gasteiger partial charge in [0.2, 0.25) is 0 Å². The molecule has 0 aliphatic heterocycles. The molecule has 0 aliphatic rings. The second-order valence-corrected chi connectivity index (χ2v) is 7.89. The van der Waals surface area contributed by atoms with Crippen LogP contribution in [0.15, 0.2) is 48.7 Å². The zero-order valence-electron chi connectivity index (χ0n) is 19.1. The van der Waals surface area contributed by atoms with Crippen LogP contribution in [0.3, 0.4) is 0 Å². The first kappa shape index (κ1) is 24.0. The molecule has 0 fully saturated rings. The Labute approximate surface area is 195 Å². The highest BCUT2D eigenvalue weighted by molar-refractivity contribution is 5.96. The Bertz CT molecular complexity index is 1230. The van der Waals surface area contributed by atoms with E-state index < -0.39 is 6.10 Å². The minimum Gasteiger partial charge on any atom is -0.392 e. The highest BCUT2D eigenvalue weighted by Gasteiger charge is 2.13. The Hall–Kier alpha value is -3.64. The van der Waals surface area contributed by atoms with Crippen molar-refractivity contribution in [2.75, 3.05) is 25.4 Å². The molecule has 1 atom stereocenters. The summed E-state index contributed by atoms with van der Waals surface area (Å²) < 4.78 is 0. The lowest BCUT2D eigenvalue weighted by atomic mass is 10.0. The lowest BCUT2D eigenvalue weighted by molar-refractivity contribution is 0.0877. The number of nitrogen functional groups attached to an aromatic ring is 1. The zero-order chi connectivity index (χ0) is 23.8.